The van der Waals surface area contributed by atoms with Gasteiger partial charge in [0, 0.05) is 54.1 Å². The number of H-pyrrole nitrogens is 1. The Kier molecular flexibility index (Phi) is 6.16. The van der Waals surface area contributed by atoms with Gasteiger partial charge < -0.3 is 24.3 Å². The molecule has 2 aromatic heterocycles. The summed E-state index contributed by atoms with van der Waals surface area (Å²) in [5.74, 6) is 2.09. The minimum Gasteiger partial charge on any atom is -0.771 e. The van der Waals surface area contributed by atoms with Gasteiger partial charge in [0.25, 0.3) is 0 Å². The molecule has 2 N–H and O–H groups in total. The Balaban J connectivity index is 1.50. The Hall–Kier alpha value is -2.69. The van der Waals surface area contributed by atoms with Gasteiger partial charge in [0.15, 0.2) is 0 Å². The average molecular weight is 431 g/mol. The molecule has 4 rings (SSSR count). The van der Waals surface area contributed by atoms with Crippen molar-refractivity contribution in [2.24, 2.45) is 0 Å². The van der Waals surface area contributed by atoms with E-state index in [2.05, 4.69) is 20.3 Å². The highest BCUT2D eigenvalue weighted by Gasteiger charge is 2.20. The number of likely N-dealkylation sites (tertiary alicyclic amines) is 1. The molecule has 30 heavy (non-hydrogen) atoms. The molecule has 0 radical (unpaired) electrons. The second kappa shape index (κ2) is 8.99. The van der Waals surface area contributed by atoms with E-state index in [-0.39, 0.29) is 11.9 Å². The van der Waals surface area contributed by atoms with Crippen LogP contribution in [0.3, 0.4) is 0 Å². The number of methoxy groups -OCH3 is 2. The lowest BCUT2D eigenvalue weighted by molar-refractivity contribution is 0.247. The van der Waals surface area contributed by atoms with Gasteiger partial charge in [-0.25, -0.2) is 4.98 Å². The lowest BCUT2D eigenvalue weighted by Crippen LogP contribution is -2.40. The zero-order valence-corrected chi connectivity index (χ0v) is 17.7. The molecule has 9 nitrogen and oxygen atoms in total. The molecule has 1 aliphatic heterocycles. The van der Waals surface area contributed by atoms with Gasteiger partial charge in [0.2, 0.25) is 5.95 Å². The number of aromatic nitrogens is 3. The Morgan fingerprint density at radius 2 is 2.07 bits per heavy atom. The number of nitrogens with one attached hydrogen (secondary N) is 2. The lowest BCUT2D eigenvalue weighted by Gasteiger charge is -2.32. The SMILES string of the molecule is COc1ccc(-c2c[nH]c3nc(NC4CCN(CS(=O)[O-])CC4)ncc23)c(OC)c1. The molecule has 0 spiro atoms. The highest BCUT2D eigenvalue weighted by molar-refractivity contribution is 7.79. The fourth-order valence-electron chi connectivity index (χ4n) is 3.76. The first-order valence-electron chi connectivity index (χ1n) is 9.68. The van der Waals surface area contributed by atoms with Crippen LogP contribution in [-0.4, -0.2) is 67.8 Å². The van der Waals surface area contributed by atoms with Crippen molar-refractivity contribution in [2.45, 2.75) is 18.9 Å². The van der Waals surface area contributed by atoms with E-state index in [0.29, 0.717) is 11.7 Å². The van der Waals surface area contributed by atoms with Gasteiger partial charge >= 0.3 is 0 Å². The molecule has 1 atom stereocenters. The summed E-state index contributed by atoms with van der Waals surface area (Å²) in [6.07, 6.45) is 5.39. The number of piperidine rings is 1. The van der Waals surface area contributed by atoms with Crippen molar-refractivity contribution >= 4 is 28.1 Å². The Morgan fingerprint density at radius 3 is 2.77 bits per heavy atom. The molecule has 10 heteroatoms. The second-order valence-corrected chi connectivity index (χ2v) is 8.06. The molecule has 3 heterocycles. The molecule has 1 saturated heterocycles. The number of rotatable bonds is 7. The number of ether oxygens (including phenoxy) is 2. The summed E-state index contributed by atoms with van der Waals surface area (Å²) in [5.41, 5.74) is 2.62. The third-order valence-corrected chi connectivity index (χ3v) is 5.92. The number of aromatic amines is 1. The summed E-state index contributed by atoms with van der Waals surface area (Å²) >= 11 is -2.04. The second-order valence-electron chi connectivity index (χ2n) is 7.19. The van der Waals surface area contributed by atoms with E-state index >= 15 is 0 Å². The highest BCUT2D eigenvalue weighted by atomic mass is 32.2. The van der Waals surface area contributed by atoms with Crippen LogP contribution in [-0.2, 0) is 11.1 Å². The molecule has 0 saturated carbocycles. The Morgan fingerprint density at radius 1 is 1.27 bits per heavy atom. The fraction of sp³-hybridized carbons (Fsp3) is 0.400. The van der Waals surface area contributed by atoms with Crippen LogP contribution in [0.25, 0.3) is 22.2 Å². The average Bonchev–Trinajstić information content (AvgIpc) is 3.17. The fourth-order valence-corrected chi connectivity index (χ4v) is 4.32. The molecule has 160 valence electrons. The van der Waals surface area contributed by atoms with Gasteiger partial charge in [-0.05, 0) is 36.1 Å². The maximum absolute atomic E-state index is 10.8. The predicted molar refractivity (Wildman–Crippen MR) is 114 cm³/mol. The highest BCUT2D eigenvalue weighted by Crippen LogP contribution is 2.36. The van der Waals surface area contributed by atoms with Gasteiger partial charge in [-0.3, -0.25) is 9.11 Å². The molecular weight excluding hydrogens is 406 g/mol. The molecule has 1 unspecified atom stereocenters. The van der Waals surface area contributed by atoms with Gasteiger partial charge in [0.05, 0.1) is 20.1 Å². The van der Waals surface area contributed by atoms with Gasteiger partial charge in [0.1, 0.15) is 17.1 Å². The number of hydrogen-bond acceptors (Lipinski definition) is 8. The topological polar surface area (TPSA) is 115 Å². The smallest absolute Gasteiger partial charge is 0.224 e. The van der Waals surface area contributed by atoms with Crippen molar-refractivity contribution in [2.75, 3.05) is 38.5 Å². The summed E-state index contributed by atoms with van der Waals surface area (Å²) < 4.78 is 32.5. The van der Waals surface area contributed by atoms with Crippen LogP contribution in [0.15, 0.2) is 30.6 Å². The van der Waals surface area contributed by atoms with Crippen LogP contribution in [0.4, 0.5) is 5.95 Å². The molecular formula is C20H24N5O4S-. The van der Waals surface area contributed by atoms with Crippen LogP contribution in [0, 0.1) is 0 Å². The molecule has 3 aromatic rings. The minimum absolute atomic E-state index is 0.0925. The number of nitrogens with zero attached hydrogens (tertiary/aromatic N) is 3. The Labute approximate surface area is 177 Å². The molecule has 1 aliphatic rings. The van der Waals surface area contributed by atoms with E-state index in [4.69, 9.17) is 9.47 Å². The zero-order chi connectivity index (χ0) is 21.1. The minimum atomic E-state index is -2.04. The first-order valence-corrected chi connectivity index (χ1v) is 10.9. The van der Waals surface area contributed by atoms with E-state index < -0.39 is 11.1 Å². The first kappa shape index (κ1) is 20.6. The third-order valence-electron chi connectivity index (χ3n) is 5.34. The van der Waals surface area contributed by atoms with Crippen molar-refractivity contribution < 1.29 is 18.2 Å². The molecule has 1 fully saturated rings. The number of benzene rings is 1. The Bertz CT molecular complexity index is 1050. The van der Waals surface area contributed by atoms with Gasteiger partial charge in [-0.1, -0.05) is 0 Å². The summed E-state index contributed by atoms with van der Waals surface area (Å²) in [5, 5.41) is 4.27. The van der Waals surface area contributed by atoms with Crippen LogP contribution < -0.4 is 14.8 Å². The molecule has 0 amide bonds. The third kappa shape index (κ3) is 4.40. The lowest BCUT2D eigenvalue weighted by atomic mass is 10.1. The van der Waals surface area contributed by atoms with E-state index in [0.717, 1.165) is 53.8 Å². The van der Waals surface area contributed by atoms with E-state index in [1.807, 2.05) is 29.3 Å². The van der Waals surface area contributed by atoms with Crippen LogP contribution in [0.5, 0.6) is 11.5 Å². The maximum Gasteiger partial charge on any atom is 0.224 e. The number of hydrogen-bond donors (Lipinski definition) is 2. The van der Waals surface area contributed by atoms with Crippen molar-refractivity contribution in [3.8, 4) is 22.6 Å². The van der Waals surface area contributed by atoms with E-state index in [1.165, 1.54) is 0 Å². The molecule has 0 bridgehead atoms. The van der Waals surface area contributed by atoms with Crippen molar-refractivity contribution in [1.29, 1.82) is 0 Å². The largest absolute Gasteiger partial charge is 0.771 e. The van der Waals surface area contributed by atoms with E-state index in [9.17, 15) is 8.76 Å². The summed E-state index contributed by atoms with van der Waals surface area (Å²) in [6, 6.07) is 5.91. The maximum atomic E-state index is 10.8. The normalized spacial score (nSPS) is 16.5. The predicted octanol–water partition coefficient (Wildman–Crippen LogP) is 2.36. The van der Waals surface area contributed by atoms with Crippen LogP contribution >= 0.6 is 0 Å². The number of anilines is 1. The monoisotopic (exact) mass is 430 g/mol. The van der Waals surface area contributed by atoms with Crippen molar-refractivity contribution in [3.63, 3.8) is 0 Å². The van der Waals surface area contributed by atoms with Crippen molar-refractivity contribution in [3.05, 3.63) is 30.6 Å². The van der Waals surface area contributed by atoms with Crippen LogP contribution in [0.1, 0.15) is 12.8 Å². The van der Waals surface area contributed by atoms with Crippen molar-refractivity contribution in [1.82, 2.24) is 19.9 Å². The summed E-state index contributed by atoms with van der Waals surface area (Å²) in [4.78, 5) is 14.3. The molecule has 1 aromatic carbocycles. The number of fused-ring (bicyclic) bond motifs is 1. The summed E-state index contributed by atoms with van der Waals surface area (Å²) in [6.45, 7) is 1.47. The first-order chi connectivity index (χ1) is 14.6. The van der Waals surface area contributed by atoms with E-state index in [1.54, 1.807) is 20.4 Å². The van der Waals surface area contributed by atoms with Gasteiger partial charge in [-0.2, -0.15) is 4.98 Å². The summed E-state index contributed by atoms with van der Waals surface area (Å²) in [7, 11) is 3.25. The van der Waals surface area contributed by atoms with Gasteiger partial charge in [-0.15, -0.1) is 0 Å². The quantitative estimate of drug-likeness (QED) is 0.549. The zero-order valence-electron chi connectivity index (χ0n) is 16.9. The van der Waals surface area contributed by atoms with Crippen LogP contribution in [0.2, 0.25) is 0 Å². The standard InChI is InChI=1S/C20H25N5O4S/c1-28-14-3-4-15(18(9-14)29-2)16-10-21-19-17(16)11-22-20(24-19)23-13-5-7-25(8-6-13)12-30(26)27/h3-4,9-11,13H,5-8,12H2,1-2H3,(H,26,27)(H2,21,22,23,24)/p-1. The molecule has 0 aliphatic carbocycles.